The minimum Gasteiger partial charge on any atom is -0.481 e. The third-order valence-corrected chi connectivity index (χ3v) is 3.33. The number of carboxylic acid groups (broad SMARTS) is 1. The fraction of sp³-hybridized carbons (Fsp3) is 0.643. The molecule has 1 heterocycles. The van der Waals surface area contributed by atoms with Gasteiger partial charge in [-0.1, -0.05) is 19.8 Å². The molecule has 0 fully saturated rings. The van der Waals surface area contributed by atoms with Crippen LogP contribution in [0.25, 0.3) is 0 Å². The standard InChI is InChI=1S/C14H23N3O3/c1-3-4-11(5-6-12(18)19)7-8-15-13-14(20)17(2)10-9-16-13/h9-11H,3-8H2,1-2H3,(H,15,16)(H,18,19). The van der Waals surface area contributed by atoms with Crippen molar-refractivity contribution in [2.24, 2.45) is 13.0 Å². The average molecular weight is 281 g/mol. The van der Waals surface area contributed by atoms with Crippen molar-refractivity contribution in [2.45, 2.75) is 39.0 Å². The molecule has 6 heteroatoms. The second kappa shape index (κ2) is 8.35. The minimum atomic E-state index is -0.752. The van der Waals surface area contributed by atoms with Crippen molar-refractivity contribution in [3.63, 3.8) is 0 Å². The van der Waals surface area contributed by atoms with E-state index in [9.17, 15) is 9.59 Å². The number of aryl methyl sites for hydroxylation is 1. The van der Waals surface area contributed by atoms with Gasteiger partial charge in [0.1, 0.15) is 0 Å². The summed E-state index contributed by atoms with van der Waals surface area (Å²) in [6.45, 7) is 2.73. The second-order valence-corrected chi connectivity index (χ2v) is 4.99. The summed E-state index contributed by atoms with van der Waals surface area (Å²) in [5.41, 5.74) is -0.148. The highest BCUT2D eigenvalue weighted by Gasteiger charge is 2.10. The first kappa shape index (κ1) is 16.2. The Morgan fingerprint density at radius 3 is 2.85 bits per heavy atom. The van der Waals surface area contributed by atoms with Crippen LogP contribution in [0.5, 0.6) is 0 Å². The molecule has 1 aromatic heterocycles. The molecule has 20 heavy (non-hydrogen) atoms. The van der Waals surface area contributed by atoms with Crippen LogP contribution in [0.15, 0.2) is 17.2 Å². The summed E-state index contributed by atoms with van der Waals surface area (Å²) in [6, 6.07) is 0. The minimum absolute atomic E-state index is 0.148. The van der Waals surface area contributed by atoms with Gasteiger partial charge in [-0.2, -0.15) is 0 Å². The monoisotopic (exact) mass is 281 g/mol. The maximum atomic E-state index is 11.7. The fourth-order valence-corrected chi connectivity index (χ4v) is 2.18. The van der Waals surface area contributed by atoms with Crippen LogP contribution in [0.4, 0.5) is 5.82 Å². The van der Waals surface area contributed by atoms with Gasteiger partial charge in [-0.25, -0.2) is 4.98 Å². The van der Waals surface area contributed by atoms with E-state index in [0.717, 1.165) is 19.3 Å². The Bertz CT molecular complexity index is 485. The SMILES string of the molecule is CCCC(CCNc1nccn(C)c1=O)CCC(=O)O. The van der Waals surface area contributed by atoms with Crippen molar-refractivity contribution >= 4 is 11.8 Å². The molecular formula is C14H23N3O3. The van der Waals surface area contributed by atoms with Crippen LogP contribution in [-0.2, 0) is 11.8 Å². The highest BCUT2D eigenvalue weighted by Crippen LogP contribution is 2.17. The van der Waals surface area contributed by atoms with E-state index in [1.54, 1.807) is 19.4 Å². The number of anilines is 1. The number of rotatable bonds is 9. The lowest BCUT2D eigenvalue weighted by Crippen LogP contribution is -2.23. The highest BCUT2D eigenvalue weighted by molar-refractivity contribution is 5.66. The number of carboxylic acids is 1. The first-order valence-corrected chi connectivity index (χ1v) is 7.01. The molecule has 1 unspecified atom stereocenters. The van der Waals surface area contributed by atoms with Crippen molar-refractivity contribution < 1.29 is 9.90 Å². The fourth-order valence-electron chi connectivity index (χ4n) is 2.18. The van der Waals surface area contributed by atoms with Crippen molar-refractivity contribution in [2.75, 3.05) is 11.9 Å². The van der Waals surface area contributed by atoms with Crippen LogP contribution in [0, 0.1) is 5.92 Å². The molecule has 0 aliphatic carbocycles. The zero-order valence-electron chi connectivity index (χ0n) is 12.1. The molecule has 0 saturated heterocycles. The molecule has 0 aliphatic heterocycles. The van der Waals surface area contributed by atoms with Gasteiger partial charge in [0, 0.05) is 32.4 Å². The first-order valence-electron chi connectivity index (χ1n) is 7.01. The largest absolute Gasteiger partial charge is 0.481 e. The van der Waals surface area contributed by atoms with Gasteiger partial charge in [0.15, 0.2) is 5.82 Å². The average Bonchev–Trinajstić information content (AvgIpc) is 2.40. The predicted octanol–water partition coefficient (Wildman–Crippen LogP) is 1.86. The number of hydrogen-bond donors (Lipinski definition) is 2. The van der Waals surface area contributed by atoms with Crippen LogP contribution < -0.4 is 10.9 Å². The number of nitrogens with one attached hydrogen (secondary N) is 1. The lowest BCUT2D eigenvalue weighted by atomic mass is 9.94. The number of carbonyl (C=O) groups is 1. The number of aliphatic carboxylic acids is 1. The summed E-state index contributed by atoms with van der Waals surface area (Å²) in [6.07, 6.45) is 6.98. The molecule has 1 aromatic rings. The third kappa shape index (κ3) is 5.42. The number of nitrogens with zero attached hydrogens (tertiary/aromatic N) is 2. The summed E-state index contributed by atoms with van der Waals surface area (Å²) in [4.78, 5) is 26.4. The molecule has 112 valence electrons. The molecule has 1 rings (SSSR count). The summed E-state index contributed by atoms with van der Waals surface area (Å²) in [7, 11) is 1.68. The van der Waals surface area contributed by atoms with Crippen molar-refractivity contribution in [3.8, 4) is 0 Å². The highest BCUT2D eigenvalue weighted by atomic mass is 16.4. The van der Waals surface area contributed by atoms with Gasteiger partial charge in [-0.15, -0.1) is 0 Å². The van der Waals surface area contributed by atoms with E-state index in [1.807, 2.05) is 0 Å². The second-order valence-electron chi connectivity index (χ2n) is 4.99. The Kier molecular flexibility index (Phi) is 6.76. The van der Waals surface area contributed by atoms with E-state index in [2.05, 4.69) is 17.2 Å². The van der Waals surface area contributed by atoms with Crippen LogP contribution in [0.2, 0.25) is 0 Å². The van der Waals surface area contributed by atoms with Gasteiger partial charge >= 0.3 is 5.97 Å². The molecule has 2 N–H and O–H groups in total. The van der Waals surface area contributed by atoms with E-state index in [1.165, 1.54) is 4.57 Å². The molecule has 0 spiro atoms. The lowest BCUT2D eigenvalue weighted by molar-refractivity contribution is -0.137. The molecule has 0 aliphatic rings. The first-order chi connectivity index (χ1) is 9.54. The lowest BCUT2D eigenvalue weighted by Gasteiger charge is -2.15. The topological polar surface area (TPSA) is 84.2 Å². The summed E-state index contributed by atoms with van der Waals surface area (Å²) in [5, 5.41) is 11.8. The van der Waals surface area contributed by atoms with Crippen LogP contribution >= 0.6 is 0 Å². The van der Waals surface area contributed by atoms with E-state index in [0.29, 0.717) is 24.7 Å². The summed E-state index contributed by atoms with van der Waals surface area (Å²) < 4.78 is 1.48. The smallest absolute Gasteiger partial charge is 0.303 e. The molecule has 0 saturated carbocycles. The van der Waals surface area contributed by atoms with Gasteiger partial charge in [-0.05, 0) is 18.8 Å². The Morgan fingerprint density at radius 1 is 1.45 bits per heavy atom. The maximum Gasteiger partial charge on any atom is 0.303 e. The normalized spacial score (nSPS) is 12.1. The molecule has 0 amide bonds. The Balaban J connectivity index is 2.45. The quantitative estimate of drug-likeness (QED) is 0.721. The van der Waals surface area contributed by atoms with E-state index in [-0.39, 0.29) is 12.0 Å². The Hall–Kier alpha value is -1.85. The zero-order valence-corrected chi connectivity index (χ0v) is 12.1. The molecule has 6 nitrogen and oxygen atoms in total. The van der Waals surface area contributed by atoms with Gasteiger partial charge in [-0.3, -0.25) is 9.59 Å². The molecule has 0 bridgehead atoms. The van der Waals surface area contributed by atoms with Crippen LogP contribution in [0.1, 0.15) is 39.0 Å². The molecule has 0 radical (unpaired) electrons. The number of aromatic nitrogens is 2. The van der Waals surface area contributed by atoms with E-state index >= 15 is 0 Å². The van der Waals surface area contributed by atoms with E-state index in [4.69, 9.17) is 5.11 Å². The van der Waals surface area contributed by atoms with Crippen LogP contribution in [-0.4, -0.2) is 27.2 Å². The Labute approximate surface area is 118 Å². The maximum absolute atomic E-state index is 11.7. The van der Waals surface area contributed by atoms with Gasteiger partial charge in [0.25, 0.3) is 5.56 Å². The summed E-state index contributed by atoms with van der Waals surface area (Å²) >= 11 is 0. The molecular weight excluding hydrogens is 258 g/mol. The summed E-state index contributed by atoms with van der Waals surface area (Å²) in [5.74, 6) is -0.0303. The van der Waals surface area contributed by atoms with Crippen molar-refractivity contribution in [1.82, 2.24) is 9.55 Å². The molecule has 0 aromatic carbocycles. The van der Waals surface area contributed by atoms with Gasteiger partial charge in [0.05, 0.1) is 0 Å². The van der Waals surface area contributed by atoms with Crippen molar-refractivity contribution in [3.05, 3.63) is 22.7 Å². The van der Waals surface area contributed by atoms with Gasteiger partial charge < -0.3 is 15.0 Å². The molecule has 1 atom stereocenters. The van der Waals surface area contributed by atoms with Crippen LogP contribution in [0.3, 0.4) is 0 Å². The van der Waals surface area contributed by atoms with Crippen molar-refractivity contribution in [1.29, 1.82) is 0 Å². The predicted molar refractivity (Wildman–Crippen MR) is 77.9 cm³/mol. The van der Waals surface area contributed by atoms with Gasteiger partial charge in [0.2, 0.25) is 0 Å². The Morgan fingerprint density at radius 2 is 2.20 bits per heavy atom. The number of hydrogen-bond acceptors (Lipinski definition) is 4. The third-order valence-electron chi connectivity index (χ3n) is 3.33. The van der Waals surface area contributed by atoms with E-state index < -0.39 is 5.97 Å². The zero-order chi connectivity index (χ0) is 15.0.